The van der Waals surface area contributed by atoms with E-state index >= 15 is 0 Å². The van der Waals surface area contributed by atoms with Gasteiger partial charge in [0.05, 0.1) is 28.0 Å². The van der Waals surface area contributed by atoms with Crippen molar-refractivity contribution in [1.29, 1.82) is 5.26 Å². The molecular formula is C15H11BrN4. The van der Waals surface area contributed by atoms with Crippen LogP contribution in [0.4, 0.5) is 0 Å². The molecule has 0 aliphatic heterocycles. The first-order chi connectivity index (χ1) is 9.72. The van der Waals surface area contributed by atoms with Crippen molar-refractivity contribution in [3.8, 4) is 11.9 Å². The summed E-state index contributed by atoms with van der Waals surface area (Å²) in [6, 6.07) is 11.9. The van der Waals surface area contributed by atoms with Crippen molar-refractivity contribution < 1.29 is 0 Å². The number of hydrogen-bond acceptors (Lipinski definition) is 3. The maximum absolute atomic E-state index is 9.00. The van der Waals surface area contributed by atoms with Gasteiger partial charge in [-0.25, -0.2) is 9.97 Å². The second kappa shape index (κ2) is 5.06. The standard InChI is InChI=1S/C15H11BrN4/c1-10-7-9-18-15(14(10)16)20-12-5-3-2-4-11(12)19-13(20)6-8-17/h2-5,7,9H,6H2,1H3. The molecule has 98 valence electrons. The molecule has 0 unspecified atom stereocenters. The first-order valence-corrected chi connectivity index (χ1v) is 6.96. The molecule has 0 saturated carbocycles. The van der Waals surface area contributed by atoms with Gasteiger partial charge < -0.3 is 0 Å². The summed E-state index contributed by atoms with van der Waals surface area (Å²) in [6.07, 6.45) is 2.01. The Hall–Kier alpha value is -2.19. The zero-order valence-corrected chi connectivity index (χ0v) is 12.4. The summed E-state index contributed by atoms with van der Waals surface area (Å²) in [4.78, 5) is 8.97. The third kappa shape index (κ3) is 1.98. The molecule has 0 spiro atoms. The number of nitrogens with zero attached hydrogens (tertiary/aromatic N) is 4. The van der Waals surface area contributed by atoms with Crippen LogP contribution < -0.4 is 0 Å². The van der Waals surface area contributed by atoms with Crippen molar-refractivity contribution in [3.05, 3.63) is 52.4 Å². The van der Waals surface area contributed by atoms with Gasteiger partial charge in [0.25, 0.3) is 0 Å². The number of para-hydroxylation sites is 2. The molecule has 0 radical (unpaired) electrons. The Balaban J connectivity index is 2.37. The van der Waals surface area contributed by atoms with Crippen LogP contribution in [0.5, 0.6) is 0 Å². The minimum absolute atomic E-state index is 0.247. The van der Waals surface area contributed by atoms with Crippen molar-refractivity contribution in [2.24, 2.45) is 0 Å². The Morgan fingerprint density at radius 1 is 1.30 bits per heavy atom. The molecule has 20 heavy (non-hydrogen) atoms. The number of benzene rings is 1. The lowest BCUT2D eigenvalue weighted by Gasteiger charge is -2.10. The number of hydrogen-bond donors (Lipinski definition) is 0. The zero-order valence-electron chi connectivity index (χ0n) is 10.8. The normalized spacial score (nSPS) is 10.7. The average molecular weight is 327 g/mol. The summed E-state index contributed by atoms with van der Waals surface area (Å²) < 4.78 is 2.86. The van der Waals surface area contributed by atoms with Gasteiger partial charge in [-0.2, -0.15) is 5.26 Å². The number of aryl methyl sites for hydroxylation is 1. The number of rotatable bonds is 2. The van der Waals surface area contributed by atoms with Crippen LogP contribution in [0.1, 0.15) is 11.4 Å². The van der Waals surface area contributed by atoms with Gasteiger partial charge in [0, 0.05) is 6.20 Å². The largest absolute Gasteiger partial charge is 0.278 e. The predicted octanol–water partition coefficient (Wildman–Crippen LogP) is 3.56. The van der Waals surface area contributed by atoms with Crippen LogP contribution in [0.3, 0.4) is 0 Å². The number of imidazole rings is 1. The molecule has 2 aromatic heterocycles. The van der Waals surface area contributed by atoms with Gasteiger partial charge in [-0.3, -0.25) is 4.57 Å². The highest BCUT2D eigenvalue weighted by Crippen LogP contribution is 2.27. The quantitative estimate of drug-likeness (QED) is 0.723. The molecule has 2 heterocycles. The molecule has 0 amide bonds. The fraction of sp³-hybridized carbons (Fsp3) is 0.133. The maximum atomic E-state index is 9.00. The van der Waals surface area contributed by atoms with Gasteiger partial charge in [-0.05, 0) is 46.6 Å². The molecule has 0 fully saturated rings. The summed E-state index contributed by atoms with van der Waals surface area (Å²) >= 11 is 3.58. The highest BCUT2D eigenvalue weighted by molar-refractivity contribution is 9.10. The lowest BCUT2D eigenvalue weighted by atomic mass is 10.3. The van der Waals surface area contributed by atoms with E-state index in [-0.39, 0.29) is 6.42 Å². The minimum atomic E-state index is 0.247. The van der Waals surface area contributed by atoms with Crippen LogP contribution in [-0.2, 0) is 6.42 Å². The molecule has 0 N–H and O–H groups in total. The molecule has 1 aromatic carbocycles. The first kappa shape index (κ1) is 12.8. The topological polar surface area (TPSA) is 54.5 Å². The summed E-state index contributed by atoms with van der Waals surface area (Å²) in [7, 11) is 0. The number of aromatic nitrogens is 3. The highest BCUT2D eigenvalue weighted by atomic mass is 79.9. The van der Waals surface area contributed by atoms with Crippen molar-refractivity contribution in [1.82, 2.24) is 14.5 Å². The van der Waals surface area contributed by atoms with Crippen LogP contribution in [0.2, 0.25) is 0 Å². The first-order valence-electron chi connectivity index (χ1n) is 6.17. The van der Waals surface area contributed by atoms with Gasteiger partial charge in [0.15, 0.2) is 5.82 Å². The Kier molecular flexibility index (Phi) is 3.25. The van der Waals surface area contributed by atoms with Gasteiger partial charge >= 0.3 is 0 Å². The second-order valence-corrected chi connectivity index (χ2v) is 5.25. The van der Waals surface area contributed by atoms with Crippen LogP contribution in [-0.4, -0.2) is 14.5 Å². The third-order valence-electron chi connectivity index (χ3n) is 3.14. The molecule has 0 saturated heterocycles. The molecule has 3 aromatic rings. The Morgan fingerprint density at radius 2 is 2.10 bits per heavy atom. The van der Waals surface area contributed by atoms with E-state index in [2.05, 4.69) is 32.0 Å². The Bertz CT molecular complexity index is 829. The van der Waals surface area contributed by atoms with E-state index < -0.39 is 0 Å². The van der Waals surface area contributed by atoms with Crippen molar-refractivity contribution >= 4 is 27.0 Å². The van der Waals surface area contributed by atoms with Crippen LogP contribution in [0.25, 0.3) is 16.9 Å². The fourth-order valence-corrected chi connectivity index (χ4v) is 2.60. The Labute approximate surface area is 124 Å². The zero-order chi connectivity index (χ0) is 14.1. The van der Waals surface area contributed by atoms with Gasteiger partial charge in [-0.1, -0.05) is 12.1 Å². The van der Waals surface area contributed by atoms with Crippen molar-refractivity contribution in [3.63, 3.8) is 0 Å². The fourth-order valence-electron chi connectivity index (χ4n) is 2.18. The van der Waals surface area contributed by atoms with E-state index in [1.54, 1.807) is 6.20 Å². The third-order valence-corrected chi connectivity index (χ3v) is 4.12. The number of halogens is 1. The summed E-state index contributed by atoms with van der Waals surface area (Å²) in [5.74, 6) is 1.47. The predicted molar refractivity (Wildman–Crippen MR) is 80.6 cm³/mol. The van der Waals surface area contributed by atoms with Crippen LogP contribution in [0.15, 0.2) is 41.0 Å². The van der Waals surface area contributed by atoms with E-state index in [0.29, 0.717) is 5.82 Å². The molecule has 0 aliphatic carbocycles. The second-order valence-electron chi connectivity index (χ2n) is 4.45. The van der Waals surface area contributed by atoms with Crippen LogP contribution >= 0.6 is 15.9 Å². The average Bonchev–Trinajstić information content (AvgIpc) is 2.80. The molecule has 0 bridgehead atoms. The number of fused-ring (bicyclic) bond motifs is 1. The minimum Gasteiger partial charge on any atom is -0.278 e. The van der Waals surface area contributed by atoms with Crippen molar-refractivity contribution in [2.45, 2.75) is 13.3 Å². The number of nitriles is 1. The van der Waals surface area contributed by atoms with E-state index in [4.69, 9.17) is 5.26 Å². The Morgan fingerprint density at radius 3 is 2.90 bits per heavy atom. The molecule has 3 rings (SSSR count). The maximum Gasteiger partial charge on any atom is 0.153 e. The summed E-state index contributed by atoms with van der Waals surface area (Å²) in [5, 5.41) is 9.00. The van der Waals surface area contributed by atoms with E-state index in [0.717, 1.165) is 26.9 Å². The van der Waals surface area contributed by atoms with E-state index in [1.807, 2.05) is 41.8 Å². The lowest BCUT2D eigenvalue weighted by molar-refractivity contribution is 0.913. The molecule has 0 atom stereocenters. The summed E-state index contributed by atoms with van der Waals surface area (Å²) in [6.45, 7) is 2.01. The molecule has 0 aliphatic rings. The highest BCUT2D eigenvalue weighted by Gasteiger charge is 2.15. The van der Waals surface area contributed by atoms with Gasteiger partial charge in [0.2, 0.25) is 0 Å². The van der Waals surface area contributed by atoms with Crippen LogP contribution in [0, 0.1) is 18.3 Å². The van der Waals surface area contributed by atoms with E-state index in [9.17, 15) is 0 Å². The molecular weight excluding hydrogens is 316 g/mol. The molecule has 4 nitrogen and oxygen atoms in total. The SMILES string of the molecule is Cc1ccnc(-n2c(CC#N)nc3ccccc32)c1Br. The summed E-state index contributed by atoms with van der Waals surface area (Å²) in [5.41, 5.74) is 2.92. The number of pyridine rings is 1. The van der Waals surface area contributed by atoms with Gasteiger partial charge in [-0.15, -0.1) is 0 Å². The van der Waals surface area contributed by atoms with E-state index in [1.165, 1.54) is 0 Å². The molecule has 5 heteroatoms. The monoisotopic (exact) mass is 326 g/mol. The lowest BCUT2D eigenvalue weighted by Crippen LogP contribution is -2.04. The smallest absolute Gasteiger partial charge is 0.153 e. The van der Waals surface area contributed by atoms with Crippen molar-refractivity contribution in [2.75, 3.05) is 0 Å². The van der Waals surface area contributed by atoms with Gasteiger partial charge in [0.1, 0.15) is 5.82 Å².